The zero-order chi connectivity index (χ0) is 14.4. The van der Waals surface area contributed by atoms with Crippen LogP contribution in [0.1, 0.15) is 11.1 Å². The molecule has 0 amide bonds. The molecule has 0 aliphatic carbocycles. The van der Waals surface area contributed by atoms with Gasteiger partial charge in [0.05, 0.1) is 0 Å². The van der Waals surface area contributed by atoms with Gasteiger partial charge in [0.15, 0.2) is 6.61 Å². The number of nitrogens with zero attached hydrogens (tertiary/aromatic N) is 1. The first kappa shape index (κ1) is 14.4. The van der Waals surface area contributed by atoms with Gasteiger partial charge < -0.3 is 10.1 Å². The fourth-order valence-electron chi connectivity index (χ4n) is 1.94. The van der Waals surface area contributed by atoms with Gasteiger partial charge in [-0.2, -0.15) is 5.26 Å². The van der Waals surface area contributed by atoms with Crippen LogP contribution in [0.4, 0.5) is 5.69 Å². The summed E-state index contributed by atoms with van der Waals surface area (Å²) in [5.74, 6) is 0.744. The summed E-state index contributed by atoms with van der Waals surface area (Å²) in [6, 6.07) is 15.9. The topological polar surface area (TPSA) is 45.0 Å². The summed E-state index contributed by atoms with van der Waals surface area (Å²) < 4.78 is 6.46. The van der Waals surface area contributed by atoms with Crippen molar-refractivity contribution in [1.82, 2.24) is 0 Å². The maximum Gasteiger partial charge on any atom is 0.174 e. The Labute approximate surface area is 127 Å². The lowest BCUT2D eigenvalue weighted by atomic mass is 10.2. The van der Waals surface area contributed by atoms with Crippen LogP contribution in [0.5, 0.6) is 5.75 Å². The number of halogens is 1. The fourth-order valence-corrected chi connectivity index (χ4v) is 2.54. The Hall–Kier alpha value is -1.99. The molecule has 0 aromatic heterocycles. The van der Waals surface area contributed by atoms with E-state index in [1.165, 1.54) is 5.56 Å². The summed E-state index contributed by atoms with van der Waals surface area (Å²) in [5, 5.41) is 12.0. The molecule has 2 aromatic carbocycles. The summed E-state index contributed by atoms with van der Waals surface area (Å²) in [4.78, 5) is 0. The number of ether oxygens (including phenoxy) is 1. The summed E-state index contributed by atoms with van der Waals surface area (Å²) >= 11 is 3.49. The molecular formula is C16H15BrN2O. The first-order chi connectivity index (χ1) is 9.69. The molecule has 20 heavy (non-hydrogen) atoms. The number of hydrogen-bond donors (Lipinski definition) is 1. The fraction of sp³-hybridized carbons (Fsp3) is 0.188. The lowest BCUT2D eigenvalue weighted by Crippen LogP contribution is -2.03. The van der Waals surface area contributed by atoms with E-state index in [2.05, 4.69) is 40.3 Å². The molecule has 4 heteroatoms. The van der Waals surface area contributed by atoms with Crippen LogP contribution in [0.3, 0.4) is 0 Å². The van der Waals surface area contributed by atoms with Crippen molar-refractivity contribution in [3.8, 4) is 11.8 Å². The minimum atomic E-state index is 0.0625. The van der Waals surface area contributed by atoms with Crippen molar-refractivity contribution in [1.29, 1.82) is 5.26 Å². The van der Waals surface area contributed by atoms with E-state index >= 15 is 0 Å². The van der Waals surface area contributed by atoms with Gasteiger partial charge in [-0.1, -0.05) is 34.1 Å². The van der Waals surface area contributed by atoms with Crippen LogP contribution in [0, 0.1) is 18.3 Å². The van der Waals surface area contributed by atoms with E-state index in [9.17, 15) is 0 Å². The van der Waals surface area contributed by atoms with Crippen molar-refractivity contribution in [3.05, 3.63) is 58.1 Å². The van der Waals surface area contributed by atoms with Gasteiger partial charge in [0.25, 0.3) is 0 Å². The van der Waals surface area contributed by atoms with Gasteiger partial charge in [0, 0.05) is 22.3 Å². The first-order valence-electron chi connectivity index (χ1n) is 6.28. The lowest BCUT2D eigenvalue weighted by Gasteiger charge is -2.12. The number of anilines is 1. The molecule has 3 nitrogen and oxygen atoms in total. The summed E-state index contributed by atoms with van der Waals surface area (Å²) in [7, 11) is 0. The third kappa shape index (κ3) is 4.01. The van der Waals surface area contributed by atoms with Gasteiger partial charge in [-0.25, -0.2) is 0 Å². The number of nitrogens with one attached hydrogen (secondary N) is 1. The molecular weight excluding hydrogens is 316 g/mol. The predicted octanol–water partition coefficient (Wildman–Crippen LogP) is 4.27. The van der Waals surface area contributed by atoms with E-state index in [1.807, 2.05) is 36.4 Å². The van der Waals surface area contributed by atoms with Crippen molar-refractivity contribution < 1.29 is 4.74 Å². The Kier molecular flexibility index (Phi) is 5.03. The van der Waals surface area contributed by atoms with Crippen molar-refractivity contribution in [3.63, 3.8) is 0 Å². The average molecular weight is 331 g/mol. The number of benzene rings is 2. The van der Waals surface area contributed by atoms with Crippen LogP contribution in [0.25, 0.3) is 0 Å². The van der Waals surface area contributed by atoms with Gasteiger partial charge in [-0.15, -0.1) is 0 Å². The van der Waals surface area contributed by atoms with Crippen LogP contribution < -0.4 is 10.1 Å². The first-order valence-corrected chi connectivity index (χ1v) is 7.07. The van der Waals surface area contributed by atoms with E-state index < -0.39 is 0 Å². The van der Waals surface area contributed by atoms with Crippen molar-refractivity contribution in [2.45, 2.75) is 13.5 Å². The second-order valence-electron chi connectivity index (χ2n) is 4.43. The van der Waals surface area contributed by atoms with E-state index in [1.54, 1.807) is 0 Å². The number of aryl methyl sites for hydroxylation is 1. The van der Waals surface area contributed by atoms with Crippen LogP contribution in [-0.2, 0) is 6.54 Å². The van der Waals surface area contributed by atoms with E-state index in [0.29, 0.717) is 6.54 Å². The molecule has 0 unspecified atom stereocenters. The Balaban J connectivity index is 2.08. The SMILES string of the molecule is Cc1cc(Br)cc(NCc2ccccc2OCC#N)c1. The summed E-state index contributed by atoms with van der Waals surface area (Å²) in [5.41, 5.74) is 3.27. The number of nitriles is 1. The molecule has 0 bridgehead atoms. The van der Waals surface area contributed by atoms with Gasteiger partial charge in [0.1, 0.15) is 11.8 Å². The highest BCUT2D eigenvalue weighted by Gasteiger charge is 2.03. The van der Waals surface area contributed by atoms with Crippen molar-refractivity contribution in [2.75, 3.05) is 11.9 Å². The molecule has 1 N–H and O–H groups in total. The Bertz CT molecular complexity index is 614. The molecule has 102 valence electrons. The second-order valence-corrected chi connectivity index (χ2v) is 5.34. The molecule has 0 atom stereocenters. The summed E-state index contributed by atoms with van der Waals surface area (Å²) in [6.45, 7) is 2.77. The normalized spacial score (nSPS) is 9.85. The van der Waals surface area contributed by atoms with Gasteiger partial charge in [-0.05, 0) is 36.8 Å². The minimum Gasteiger partial charge on any atom is -0.478 e. The van der Waals surface area contributed by atoms with Gasteiger partial charge in [0.2, 0.25) is 0 Å². The predicted molar refractivity (Wildman–Crippen MR) is 83.8 cm³/mol. The molecule has 0 saturated carbocycles. The number of rotatable bonds is 5. The molecule has 0 fully saturated rings. The Morgan fingerprint density at radius 1 is 1.25 bits per heavy atom. The molecule has 0 heterocycles. The largest absolute Gasteiger partial charge is 0.478 e. The highest BCUT2D eigenvalue weighted by Crippen LogP contribution is 2.22. The number of para-hydroxylation sites is 1. The highest BCUT2D eigenvalue weighted by molar-refractivity contribution is 9.10. The molecule has 0 spiro atoms. The monoisotopic (exact) mass is 330 g/mol. The maximum absolute atomic E-state index is 8.59. The van der Waals surface area contributed by atoms with Gasteiger partial charge in [-0.3, -0.25) is 0 Å². The minimum absolute atomic E-state index is 0.0625. The third-order valence-corrected chi connectivity index (χ3v) is 3.25. The zero-order valence-corrected chi connectivity index (χ0v) is 12.8. The standard InChI is InChI=1S/C16H15BrN2O/c1-12-8-14(17)10-15(9-12)19-11-13-4-2-3-5-16(13)20-7-6-18/h2-5,8-10,19H,7,11H2,1H3. The van der Waals surface area contributed by atoms with Crippen molar-refractivity contribution >= 4 is 21.6 Å². The van der Waals surface area contributed by atoms with E-state index in [-0.39, 0.29) is 6.61 Å². The molecule has 0 radical (unpaired) electrons. The third-order valence-electron chi connectivity index (χ3n) is 2.79. The molecule has 0 aliphatic rings. The molecule has 2 rings (SSSR count). The van der Waals surface area contributed by atoms with Crippen LogP contribution in [0.15, 0.2) is 46.9 Å². The number of hydrogen-bond acceptors (Lipinski definition) is 3. The average Bonchev–Trinajstić information content (AvgIpc) is 2.43. The second kappa shape index (κ2) is 6.97. The van der Waals surface area contributed by atoms with E-state index in [4.69, 9.17) is 10.00 Å². The Morgan fingerprint density at radius 3 is 2.80 bits per heavy atom. The molecule has 0 aliphatic heterocycles. The van der Waals surface area contributed by atoms with Gasteiger partial charge >= 0.3 is 0 Å². The zero-order valence-electron chi connectivity index (χ0n) is 11.2. The maximum atomic E-state index is 8.59. The molecule has 2 aromatic rings. The Morgan fingerprint density at radius 2 is 2.05 bits per heavy atom. The van der Waals surface area contributed by atoms with Crippen LogP contribution in [0.2, 0.25) is 0 Å². The molecule has 0 saturated heterocycles. The van der Waals surface area contributed by atoms with Crippen LogP contribution >= 0.6 is 15.9 Å². The van der Waals surface area contributed by atoms with E-state index in [0.717, 1.165) is 21.5 Å². The summed E-state index contributed by atoms with van der Waals surface area (Å²) in [6.07, 6.45) is 0. The smallest absolute Gasteiger partial charge is 0.174 e. The van der Waals surface area contributed by atoms with Crippen LogP contribution in [-0.4, -0.2) is 6.61 Å². The van der Waals surface area contributed by atoms with Crippen molar-refractivity contribution in [2.24, 2.45) is 0 Å². The highest BCUT2D eigenvalue weighted by atomic mass is 79.9. The lowest BCUT2D eigenvalue weighted by molar-refractivity contribution is 0.364. The quantitative estimate of drug-likeness (QED) is 0.890.